The molecular formula is C10H14FN3O3. The number of anilines is 1. The average Bonchev–Trinajstić information content (AvgIpc) is 2.30. The van der Waals surface area contributed by atoms with Gasteiger partial charge in [-0.15, -0.1) is 0 Å². The van der Waals surface area contributed by atoms with E-state index in [-0.39, 0.29) is 11.4 Å². The fourth-order valence-electron chi connectivity index (χ4n) is 1.20. The van der Waals surface area contributed by atoms with Crippen molar-refractivity contribution in [3.8, 4) is 0 Å². The molecule has 94 valence electrons. The van der Waals surface area contributed by atoms with E-state index in [1.54, 1.807) is 0 Å². The monoisotopic (exact) mass is 243 g/mol. The van der Waals surface area contributed by atoms with Crippen LogP contribution in [0, 0.1) is 15.9 Å². The van der Waals surface area contributed by atoms with Gasteiger partial charge in [-0.2, -0.15) is 0 Å². The van der Waals surface area contributed by atoms with Crippen LogP contribution in [0.5, 0.6) is 0 Å². The molecule has 0 radical (unpaired) electrons. The standard InChI is InChI=1S/C10H14FN3O3/c11-9-7-8(14(15)16)1-2-10(9)13-4-6-17-5-3-12/h1-2,7,13H,3-6,12H2. The second kappa shape index (κ2) is 6.77. The molecule has 7 heteroatoms. The molecule has 0 aromatic heterocycles. The SMILES string of the molecule is NCCOCCNc1ccc([N+](=O)[O-])cc1F. The molecule has 1 aromatic rings. The Hall–Kier alpha value is -1.73. The Bertz CT molecular complexity index is 387. The van der Waals surface area contributed by atoms with Gasteiger partial charge in [-0.3, -0.25) is 10.1 Å². The molecule has 0 aliphatic heterocycles. The molecule has 17 heavy (non-hydrogen) atoms. The number of nitrogens with one attached hydrogen (secondary N) is 1. The van der Waals surface area contributed by atoms with Gasteiger partial charge in [-0.05, 0) is 6.07 Å². The fourth-order valence-corrected chi connectivity index (χ4v) is 1.20. The lowest BCUT2D eigenvalue weighted by atomic mass is 10.2. The highest BCUT2D eigenvalue weighted by atomic mass is 19.1. The van der Waals surface area contributed by atoms with Crippen molar-refractivity contribution < 1.29 is 14.1 Å². The summed E-state index contributed by atoms with van der Waals surface area (Å²) in [7, 11) is 0. The highest BCUT2D eigenvalue weighted by molar-refractivity contribution is 5.50. The number of nitro groups is 1. The Balaban J connectivity index is 2.46. The first kappa shape index (κ1) is 13.3. The predicted molar refractivity (Wildman–Crippen MR) is 61.4 cm³/mol. The lowest BCUT2D eigenvalue weighted by Gasteiger charge is -2.07. The van der Waals surface area contributed by atoms with Crippen LogP contribution in [0.2, 0.25) is 0 Å². The maximum absolute atomic E-state index is 13.4. The smallest absolute Gasteiger partial charge is 0.272 e. The van der Waals surface area contributed by atoms with Crippen LogP contribution in [0.1, 0.15) is 0 Å². The third-order valence-electron chi connectivity index (χ3n) is 1.99. The second-order valence-corrected chi connectivity index (χ2v) is 3.25. The summed E-state index contributed by atoms with van der Waals surface area (Å²) in [5.41, 5.74) is 5.17. The van der Waals surface area contributed by atoms with Crippen LogP contribution in [-0.4, -0.2) is 31.2 Å². The van der Waals surface area contributed by atoms with Crippen LogP contribution in [0.15, 0.2) is 18.2 Å². The molecule has 0 bridgehead atoms. The number of halogens is 1. The van der Waals surface area contributed by atoms with Crippen molar-refractivity contribution in [3.05, 3.63) is 34.1 Å². The molecule has 0 amide bonds. The first-order valence-corrected chi connectivity index (χ1v) is 5.10. The second-order valence-electron chi connectivity index (χ2n) is 3.25. The van der Waals surface area contributed by atoms with Gasteiger partial charge in [-0.25, -0.2) is 4.39 Å². The van der Waals surface area contributed by atoms with Crippen molar-refractivity contribution >= 4 is 11.4 Å². The predicted octanol–water partition coefficient (Wildman–Crippen LogP) is 1.12. The zero-order valence-corrected chi connectivity index (χ0v) is 9.19. The van der Waals surface area contributed by atoms with Gasteiger partial charge in [0.15, 0.2) is 5.82 Å². The zero-order valence-electron chi connectivity index (χ0n) is 9.19. The summed E-state index contributed by atoms with van der Waals surface area (Å²) >= 11 is 0. The van der Waals surface area contributed by atoms with Gasteiger partial charge in [0, 0.05) is 19.2 Å². The summed E-state index contributed by atoms with van der Waals surface area (Å²) in [4.78, 5) is 9.74. The van der Waals surface area contributed by atoms with Crippen LogP contribution in [0.4, 0.5) is 15.8 Å². The number of hydrogen-bond acceptors (Lipinski definition) is 5. The van der Waals surface area contributed by atoms with Gasteiger partial charge in [0.1, 0.15) is 0 Å². The number of ether oxygens (including phenoxy) is 1. The molecule has 3 N–H and O–H groups in total. The lowest BCUT2D eigenvalue weighted by molar-refractivity contribution is -0.385. The molecule has 0 unspecified atom stereocenters. The van der Waals surface area contributed by atoms with Crippen molar-refractivity contribution in [1.29, 1.82) is 0 Å². The van der Waals surface area contributed by atoms with E-state index in [9.17, 15) is 14.5 Å². The maximum Gasteiger partial charge on any atom is 0.272 e. The Morgan fingerprint density at radius 2 is 2.24 bits per heavy atom. The zero-order chi connectivity index (χ0) is 12.7. The first-order chi connectivity index (χ1) is 8.15. The molecule has 0 heterocycles. The Morgan fingerprint density at radius 1 is 1.47 bits per heavy atom. The summed E-state index contributed by atoms with van der Waals surface area (Å²) in [5, 5.41) is 13.2. The van der Waals surface area contributed by atoms with Gasteiger partial charge in [0.25, 0.3) is 5.69 Å². The van der Waals surface area contributed by atoms with Crippen LogP contribution in [-0.2, 0) is 4.74 Å². The Labute approximate surface area is 97.7 Å². The lowest BCUT2D eigenvalue weighted by Crippen LogP contribution is -2.14. The fraction of sp³-hybridized carbons (Fsp3) is 0.400. The van der Waals surface area contributed by atoms with Gasteiger partial charge < -0.3 is 15.8 Å². The molecule has 0 saturated heterocycles. The molecule has 0 spiro atoms. The molecule has 0 aliphatic rings. The van der Waals surface area contributed by atoms with E-state index in [0.29, 0.717) is 26.3 Å². The molecular weight excluding hydrogens is 229 g/mol. The molecule has 6 nitrogen and oxygen atoms in total. The largest absolute Gasteiger partial charge is 0.380 e. The van der Waals surface area contributed by atoms with Gasteiger partial charge in [0.2, 0.25) is 0 Å². The number of rotatable bonds is 7. The van der Waals surface area contributed by atoms with Crippen LogP contribution in [0.25, 0.3) is 0 Å². The van der Waals surface area contributed by atoms with E-state index >= 15 is 0 Å². The van der Waals surface area contributed by atoms with Crippen molar-refractivity contribution in [2.24, 2.45) is 5.73 Å². The minimum atomic E-state index is -0.655. The minimum absolute atomic E-state index is 0.215. The number of hydrogen-bond donors (Lipinski definition) is 2. The summed E-state index contributed by atoms with van der Waals surface area (Å²) in [6.45, 7) is 1.69. The van der Waals surface area contributed by atoms with Crippen molar-refractivity contribution in [1.82, 2.24) is 0 Å². The van der Waals surface area contributed by atoms with E-state index in [1.165, 1.54) is 12.1 Å². The number of nitrogens with zero attached hydrogens (tertiary/aromatic N) is 1. The minimum Gasteiger partial charge on any atom is -0.380 e. The van der Waals surface area contributed by atoms with Crippen LogP contribution >= 0.6 is 0 Å². The van der Waals surface area contributed by atoms with Gasteiger partial charge in [-0.1, -0.05) is 0 Å². The highest BCUT2D eigenvalue weighted by Gasteiger charge is 2.09. The van der Waals surface area contributed by atoms with Gasteiger partial charge >= 0.3 is 0 Å². The van der Waals surface area contributed by atoms with Crippen LogP contribution in [0.3, 0.4) is 0 Å². The number of nitro benzene ring substituents is 1. The Kier molecular flexibility index (Phi) is 5.31. The maximum atomic E-state index is 13.4. The molecule has 0 saturated carbocycles. The number of non-ortho nitro benzene ring substituents is 1. The molecule has 1 aromatic carbocycles. The third kappa shape index (κ3) is 4.33. The van der Waals surface area contributed by atoms with E-state index in [0.717, 1.165) is 6.07 Å². The Morgan fingerprint density at radius 3 is 2.82 bits per heavy atom. The van der Waals surface area contributed by atoms with E-state index in [1.807, 2.05) is 0 Å². The summed E-state index contributed by atoms with van der Waals surface area (Å²) in [6, 6.07) is 3.45. The van der Waals surface area contributed by atoms with Crippen molar-refractivity contribution in [2.75, 3.05) is 31.6 Å². The van der Waals surface area contributed by atoms with E-state index in [2.05, 4.69) is 5.32 Å². The number of benzene rings is 1. The van der Waals surface area contributed by atoms with E-state index in [4.69, 9.17) is 10.5 Å². The normalized spacial score (nSPS) is 10.2. The van der Waals surface area contributed by atoms with E-state index < -0.39 is 10.7 Å². The van der Waals surface area contributed by atoms with Crippen LogP contribution < -0.4 is 11.1 Å². The highest BCUT2D eigenvalue weighted by Crippen LogP contribution is 2.19. The third-order valence-corrected chi connectivity index (χ3v) is 1.99. The molecule has 1 rings (SSSR count). The quantitative estimate of drug-likeness (QED) is 0.425. The average molecular weight is 243 g/mol. The van der Waals surface area contributed by atoms with Crippen molar-refractivity contribution in [3.63, 3.8) is 0 Å². The summed E-state index contributed by atoms with van der Waals surface area (Å²) in [5.74, 6) is -0.655. The topological polar surface area (TPSA) is 90.4 Å². The summed E-state index contributed by atoms with van der Waals surface area (Å²) in [6.07, 6.45) is 0. The first-order valence-electron chi connectivity index (χ1n) is 5.10. The molecule has 0 aliphatic carbocycles. The van der Waals surface area contributed by atoms with Crippen molar-refractivity contribution in [2.45, 2.75) is 0 Å². The van der Waals surface area contributed by atoms with Gasteiger partial charge in [0.05, 0.1) is 29.9 Å². The summed E-state index contributed by atoms with van der Waals surface area (Å²) < 4.78 is 18.4. The molecule has 0 fully saturated rings. The molecule has 0 atom stereocenters. The number of nitrogens with two attached hydrogens (primary N) is 1.